The van der Waals surface area contributed by atoms with Gasteiger partial charge in [-0.15, -0.1) is 6.42 Å². The van der Waals surface area contributed by atoms with Gasteiger partial charge in [0.05, 0.1) is 16.8 Å². The molecule has 0 aliphatic rings. The average molecular weight is 308 g/mol. The summed E-state index contributed by atoms with van der Waals surface area (Å²) in [5, 5.41) is 0. The number of amides is 1. The number of hydrogen-bond donors (Lipinski definition) is 0. The van der Waals surface area contributed by atoms with Crippen LogP contribution in [0.2, 0.25) is 0 Å². The molecule has 0 aliphatic carbocycles. The van der Waals surface area contributed by atoms with Crippen molar-refractivity contribution in [3.63, 3.8) is 0 Å². The summed E-state index contributed by atoms with van der Waals surface area (Å²) in [6, 6.07) is 1.99. The molecule has 1 amide bonds. The lowest BCUT2D eigenvalue weighted by Crippen LogP contribution is -2.23. The van der Waals surface area contributed by atoms with Gasteiger partial charge in [-0.2, -0.15) is 4.99 Å². The Morgan fingerprint density at radius 2 is 2.10 bits per heavy atom. The van der Waals surface area contributed by atoms with E-state index < -0.39 is 17.0 Å². The van der Waals surface area contributed by atoms with E-state index in [0.717, 1.165) is 17.4 Å². The molecule has 0 radical (unpaired) electrons. The lowest BCUT2D eigenvalue weighted by atomic mass is 9.96. The minimum atomic E-state index is -0.721. The molecule has 6 heteroatoms. The van der Waals surface area contributed by atoms with Crippen LogP contribution in [0.15, 0.2) is 17.1 Å². The lowest BCUT2D eigenvalue weighted by molar-refractivity contribution is -0.125. The lowest BCUT2D eigenvalue weighted by Gasteiger charge is -2.11. The first-order valence-corrected chi connectivity index (χ1v) is 7.06. The zero-order chi connectivity index (χ0) is 15.8. The smallest absolute Gasteiger partial charge is 0.253 e. The number of hydrogen-bond acceptors (Lipinski definition) is 2. The third kappa shape index (κ3) is 3.03. The Balaban J connectivity index is 2.78. The van der Waals surface area contributed by atoms with E-state index in [4.69, 9.17) is 6.42 Å². The van der Waals surface area contributed by atoms with Gasteiger partial charge in [-0.3, -0.25) is 4.79 Å². The van der Waals surface area contributed by atoms with Crippen molar-refractivity contribution in [3.05, 3.63) is 28.6 Å². The van der Waals surface area contributed by atoms with E-state index in [0.29, 0.717) is 4.70 Å². The number of benzene rings is 1. The zero-order valence-corrected chi connectivity index (χ0v) is 12.7. The first-order valence-electron chi connectivity index (χ1n) is 6.25. The Morgan fingerprint density at radius 3 is 2.67 bits per heavy atom. The first-order chi connectivity index (χ1) is 9.74. The normalized spacial score (nSPS) is 12.7. The number of carbonyl (C=O) groups excluding carboxylic acids is 1. The molecular weight excluding hydrogens is 294 g/mol. The molecule has 0 saturated carbocycles. The fourth-order valence-electron chi connectivity index (χ4n) is 1.71. The van der Waals surface area contributed by atoms with Gasteiger partial charge in [0, 0.05) is 11.5 Å². The topological polar surface area (TPSA) is 34.4 Å². The molecule has 2 rings (SSSR count). The molecule has 110 valence electrons. The first kappa shape index (κ1) is 15.4. The molecule has 1 aromatic heterocycles. The predicted molar refractivity (Wildman–Crippen MR) is 78.6 cm³/mol. The molecule has 0 atom stereocenters. The number of terminal acetylenes is 1. The number of halogens is 2. The Kier molecular flexibility index (Phi) is 3.97. The van der Waals surface area contributed by atoms with Crippen LogP contribution in [0.25, 0.3) is 10.2 Å². The summed E-state index contributed by atoms with van der Waals surface area (Å²) in [4.78, 5) is 16.3. The minimum absolute atomic E-state index is 0.0544. The molecule has 0 unspecified atom stereocenters. The van der Waals surface area contributed by atoms with Gasteiger partial charge in [-0.1, -0.05) is 38.0 Å². The van der Waals surface area contributed by atoms with Crippen molar-refractivity contribution >= 4 is 27.5 Å². The molecule has 21 heavy (non-hydrogen) atoms. The van der Waals surface area contributed by atoms with Crippen molar-refractivity contribution in [1.82, 2.24) is 4.57 Å². The van der Waals surface area contributed by atoms with Crippen molar-refractivity contribution in [2.24, 2.45) is 10.4 Å². The van der Waals surface area contributed by atoms with E-state index in [2.05, 4.69) is 10.9 Å². The summed E-state index contributed by atoms with van der Waals surface area (Å²) < 4.78 is 29.0. The van der Waals surface area contributed by atoms with Crippen molar-refractivity contribution in [1.29, 1.82) is 0 Å². The van der Waals surface area contributed by atoms with Gasteiger partial charge in [0.25, 0.3) is 5.91 Å². The second kappa shape index (κ2) is 5.41. The van der Waals surface area contributed by atoms with Crippen LogP contribution < -0.4 is 4.80 Å². The molecule has 0 fully saturated rings. The zero-order valence-electron chi connectivity index (χ0n) is 11.9. The van der Waals surface area contributed by atoms with Crippen molar-refractivity contribution in [2.45, 2.75) is 27.3 Å². The second-order valence-corrected chi connectivity index (χ2v) is 6.59. The molecule has 3 nitrogen and oxygen atoms in total. The van der Waals surface area contributed by atoms with E-state index in [-0.39, 0.29) is 22.8 Å². The standard InChI is InChI=1S/C15H14F2N2OS/c1-5-6-19-12-10(17)7-9(16)8-11(12)21-14(19)18-13(20)15(2,3)4/h1,7-8H,6H2,2-4H3. The third-order valence-electron chi connectivity index (χ3n) is 2.78. The van der Waals surface area contributed by atoms with E-state index in [1.54, 1.807) is 20.8 Å². The second-order valence-electron chi connectivity index (χ2n) is 5.58. The SMILES string of the molecule is C#CCn1c(=NC(=O)C(C)(C)C)sc2cc(F)cc(F)c21. The van der Waals surface area contributed by atoms with Gasteiger partial charge in [-0.05, 0) is 6.07 Å². The van der Waals surface area contributed by atoms with Crippen LogP contribution in [-0.2, 0) is 11.3 Å². The average Bonchev–Trinajstić information content (AvgIpc) is 2.66. The maximum absolute atomic E-state index is 14.0. The van der Waals surface area contributed by atoms with Gasteiger partial charge in [-0.25, -0.2) is 8.78 Å². The third-order valence-corrected chi connectivity index (χ3v) is 3.81. The van der Waals surface area contributed by atoms with Crippen LogP contribution in [0.4, 0.5) is 8.78 Å². The predicted octanol–water partition coefficient (Wildman–Crippen LogP) is 3.09. The summed E-state index contributed by atoms with van der Waals surface area (Å²) >= 11 is 1.04. The highest BCUT2D eigenvalue weighted by atomic mass is 32.1. The van der Waals surface area contributed by atoms with Gasteiger partial charge >= 0.3 is 0 Å². The Labute approximate surface area is 124 Å². The number of carbonyl (C=O) groups is 1. The summed E-state index contributed by atoms with van der Waals surface area (Å²) in [6.45, 7) is 5.26. The highest BCUT2D eigenvalue weighted by molar-refractivity contribution is 7.16. The highest BCUT2D eigenvalue weighted by Gasteiger charge is 2.21. The molecule has 0 bridgehead atoms. The number of aromatic nitrogens is 1. The van der Waals surface area contributed by atoms with Crippen molar-refractivity contribution in [3.8, 4) is 12.3 Å². The quantitative estimate of drug-likeness (QED) is 0.746. The Morgan fingerprint density at radius 1 is 1.43 bits per heavy atom. The van der Waals surface area contributed by atoms with E-state index in [1.807, 2.05) is 0 Å². The van der Waals surface area contributed by atoms with Crippen LogP contribution in [0.5, 0.6) is 0 Å². The summed E-state index contributed by atoms with van der Waals surface area (Å²) in [6.07, 6.45) is 5.29. The van der Waals surface area contributed by atoms with Gasteiger partial charge in [0.1, 0.15) is 5.82 Å². The van der Waals surface area contributed by atoms with Gasteiger partial charge in [0.2, 0.25) is 0 Å². The van der Waals surface area contributed by atoms with E-state index in [9.17, 15) is 13.6 Å². The number of rotatable bonds is 1. The molecule has 0 N–H and O–H groups in total. The van der Waals surface area contributed by atoms with Crippen LogP contribution in [-0.4, -0.2) is 10.5 Å². The molecule has 0 aliphatic heterocycles. The molecule has 0 spiro atoms. The molecule has 1 aromatic carbocycles. The van der Waals surface area contributed by atoms with Crippen LogP contribution >= 0.6 is 11.3 Å². The van der Waals surface area contributed by atoms with Crippen LogP contribution in [0, 0.1) is 29.4 Å². The highest BCUT2D eigenvalue weighted by Crippen LogP contribution is 2.23. The Bertz CT molecular complexity index is 819. The number of fused-ring (bicyclic) bond motifs is 1. The monoisotopic (exact) mass is 308 g/mol. The molecule has 0 saturated heterocycles. The summed E-state index contributed by atoms with van der Waals surface area (Å²) in [5.41, 5.74) is -0.492. The Hall–Kier alpha value is -2.00. The van der Waals surface area contributed by atoms with Gasteiger partial charge < -0.3 is 4.57 Å². The maximum atomic E-state index is 14.0. The fraction of sp³-hybridized carbons (Fsp3) is 0.333. The van der Waals surface area contributed by atoms with Crippen molar-refractivity contribution < 1.29 is 13.6 Å². The van der Waals surface area contributed by atoms with Gasteiger partial charge in [0.15, 0.2) is 10.6 Å². The largest absolute Gasteiger partial charge is 0.302 e. The van der Waals surface area contributed by atoms with Crippen molar-refractivity contribution in [2.75, 3.05) is 0 Å². The minimum Gasteiger partial charge on any atom is -0.302 e. The van der Waals surface area contributed by atoms with E-state index >= 15 is 0 Å². The summed E-state index contributed by atoms with van der Waals surface area (Å²) in [7, 11) is 0. The fourth-order valence-corrected chi connectivity index (χ4v) is 2.77. The molecular formula is C15H14F2N2OS. The molecule has 2 aromatic rings. The molecule has 1 heterocycles. The summed E-state index contributed by atoms with van der Waals surface area (Å²) in [5.74, 6) is 0.649. The maximum Gasteiger partial charge on any atom is 0.253 e. The van der Waals surface area contributed by atoms with E-state index in [1.165, 1.54) is 10.6 Å². The van der Waals surface area contributed by atoms with Crippen LogP contribution in [0.1, 0.15) is 20.8 Å². The number of nitrogens with zero attached hydrogens (tertiary/aromatic N) is 2. The van der Waals surface area contributed by atoms with Crippen LogP contribution in [0.3, 0.4) is 0 Å². The number of thiazole rings is 1.